The van der Waals surface area contributed by atoms with Gasteiger partial charge in [-0.1, -0.05) is 23.7 Å². The molecule has 0 saturated heterocycles. The number of para-hydroxylation sites is 1. The summed E-state index contributed by atoms with van der Waals surface area (Å²) in [7, 11) is 0. The van der Waals surface area contributed by atoms with Gasteiger partial charge in [0.15, 0.2) is 0 Å². The first kappa shape index (κ1) is 11.9. The van der Waals surface area contributed by atoms with Crippen molar-refractivity contribution in [3.8, 4) is 5.75 Å². The molecule has 0 aliphatic rings. The molecule has 0 N–H and O–H groups in total. The van der Waals surface area contributed by atoms with E-state index < -0.39 is 6.95 Å². The van der Waals surface area contributed by atoms with E-state index in [9.17, 15) is 4.57 Å². The van der Waals surface area contributed by atoms with E-state index in [4.69, 9.17) is 31.9 Å². The average Bonchev–Trinajstić information content (AvgIpc) is 2.08. The third-order valence-corrected chi connectivity index (χ3v) is 3.12. The molecule has 1 rings (SSSR count). The fourth-order valence-corrected chi connectivity index (χ4v) is 2.32. The lowest BCUT2D eigenvalue weighted by atomic mass is 10.3. The van der Waals surface area contributed by atoms with Crippen LogP contribution < -0.4 is 4.52 Å². The minimum Gasteiger partial charge on any atom is -0.412 e. The van der Waals surface area contributed by atoms with Gasteiger partial charge in [-0.15, -0.1) is 0 Å². The molecule has 0 bridgehead atoms. The summed E-state index contributed by atoms with van der Waals surface area (Å²) < 4.78 is 21.1. The molecule has 0 heterocycles. The number of halogens is 2. The summed E-state index contributed by atoms with van der Waals surface area (Å²) >= 11 is 11.3. The van der Waals surface area contributed by atoms with Crippen molar-refractivity contribution in [2.45, 2.75) is 6.92 Å². The first-order valence-corrected chi connectivity index (χ1v) is 6.76. The molecule has 78 valence electrons. The largest absolute Gasteiger partial charge is 0.476 e. The Hall–Kier alpha value is -0.210. The van der Waals surface area contributed by atoms with Crippen molar-refractivity contribution in [2.75, 3.05) is 6.61 Å². The molecule has 0 fully saturated rings. The predicted molar refractivity (Wildman–Crippen MR) is 57.2 cm³/mol. The van der Waals surface area contributed by atoms with Crippen LogP contribution in [-0.2, 0) is 9.09 Å². The van der Waals surface area contributed by atoms with Crippen LogP contribution in [0.1, 0.15) is 6.92 Å². The standard InChI is InChI=1S/C8H9Cl2O3P/c1-2-12-14(10,11)13-8-6-4-3-5-7(8)9/h3-6H,2H2,1H3. The summed E-state index contributed by atoms with van der Waals surface area (Å²) in [4.78, 5) is 0. The Morgan fingerprint density at radius 1 is 1.43 bits per heavy atom. The van der Waals surface area contributed by atoms with Gasteiger partial charge in [0.25, 0.3) is 0 Å². The summed E-state index contributed by atoms with van der Waals surface area (Å²) in [6, 6.07) is 6.61. The fraction of sp³-hybridized carbons (Fsp3) is 0.250. The number of hydrogen-bond acceptors (Lipinski definition) is 3. The van der Waals surface area contributed by atoms with Crippen LogP contribution in [0.2, 0.25) is 5.02 Å². The highest BCUT2D eigenvalue weighted by molar-refractivity contribution is 7.81. The quantitative estimate of drug-likeness (QED) is 0.759. The van der Waals surface area contributed by atoms with Crippen molar-refractivity contribution in [2.24, 2.45) is 0 Å². The Bertz CT molecular complexity index is 356. The third-order valence-electron chi connectivity index (χ3n) is 1.33. The van der Waals surface area contributed by atoms with Gasteiger partial charge in [-0.3, -0.25) is 4.52 Å². The third kappa shape index (κ3) is 3.50. The highest BCUT2D eigenvalue weighted by Gasteiger charge is 2.22. The Balaban J connectivity index is 2.78. The molecule has 14 heavy (non-hydrogen) atoms. The summed E-state index contributed by atoms with van der Waals surface area (Å²) in [5.74, 6) is 0.251. The molecule has 6 heteroatoms. The molecule has 3 nitrogen and oxygen atoms in total. The van der Waals surface area contributed by atoms with E-state index >= 15 is 0 Å². The molecule has 0 saturated carbocycles. The second-order valence-electron chi connectivity index (χ2n) is 2.37. The van der Waals surface area contributed by atoms with Gasteiger partial charge >= 0.3 is 6.95 Å². The predicted octanol–water partition coefficient (Wildman–Crippen LogP) is 4.10. The van der Waals surface area contributed by atoms with Gasteiger partial charge in [0.05, 0.1) is 11.6 Å². The van der Waals surface area contributed by atoms with Crippen LogP contribution in [0.3, 0.4) is 0 Å². The Morgan fingerprint density at radius 2 is 2.07 bits per heavy atom. The van der Waals surface area contributed by atoms with Gasteiger partial charge in [-0.05, 0) is 19.1 Å². The minimum atomic E-state index is -3.55. The Kier molecular flexibility index (Phi) is 4.27. The number of benzene rings is 1. The van der Waals surface area contributed by atoms with Gasteiger partial charge < -0.3 is 4.52 Å². The van der Waals surface area contributed by atoms with Crippen molar-refractivity contribution in [3.05, 3.63) is 29.3 Å². The van der Waals surface area contributed by atoms with Gasteiger partial charge in [0, 0.05) is 11.2 Å². The smallest absolute Gasteiger partial charge is 0.412 e. The van der Waals surface area contributed by atoms with Crippen LogP contribution in [0, 0.1) is 0 Å². The van der Waals surface area contributed by atoms with Gasteiger partial charge in [0.2, 0.25) is 0 Å². The van der Waals surface area contributed by atoms with Crippen molar-refractivity contribution in [1.29, 1.82) is 0 Å². The second kappa shape index (κ2) is 5.04. The zero-order chi connectivity index (χ0) is 10.6. The van der Waals surface area contributed by atoms with Crippen molar-refractivity contribution in [3.63, 3.8) is 0 Å². The van der Waals surface area contributed by atoms with Crippen molar-refractivity contribution in [1.82, 2.24) is 0 Å². The summed E-state index contributed by atoms with van der Waals surface area (Å²) in [6.45, 7) is -1.67. The summed E-state index contributed by atoms with van der Waals surface area (Å²) in [5, 5.41) is 0.341. The van der Waals surface area contributed by atoms with Crippen molar-refractivity contribution >= 4 is 29.8 Å². The minimum absolute atomic E-state index is 0.214. The average molecular weight is 255 g/mol. The SMILES string of the molecule is CCOP(=O)(Cl)Oc1ccccc1Cl. The Labute approximate surface area is 92.3 Å². The zero-order valence-electron chi connectivity index (χ0n) is 7.44. The maximum absolute atomic E-state index is 11.4. The van der Waals surface area contributed by atoms with E-state index in [2.05, 4.69) is 0 Å². The molecule has 0 amide bonds. The summed E-state index contributed by atoms with van der Waals surface area (Å²) in [6.07, 6.45) is 0. The molecule has 1 aromatic carbocycles. The molecular weight excluding hydrogens is 246 g/mol. The maximum Gasteiger partial charge on any atom is 0.476 e. The van der Waals surface area contributed by atoms with Gasteiger partial charge in [-0.25, -0.2) is 4.57 Å². The van der Waals surface area contributed by atoms with Crippen LogP contribution in [0.25, 0.3) is 0 Å². The fourth-order valence-electron chi connectivity index (χ4n) is 0.817. The monoisotopic (exact) mass is 254 g/mol. The molecule has 1 aromatic rings. The first-order chi connectivity index (χ1) is 6.55. The lowest BCUT2D eigenvalue weighted by molar-refractivity contribution is 0.295. The van der Waals surface area contributed by atoms with Gasteiger partial charge in [-0.2, -0.15) is 0 Å². The van der Waals surface area contributed by atoms with E-state index in [1.165, 1.54) is 0 Å². The van der Waals surface area contributed by atoms with Crippen LogP contribution >= 0.6 is 29.8 Å². The summed E-state index contributed by atoms with van der Waals surface area (Å²) in [5.41, 5.74) is 0. The van der Waals surface area contributed by atoms with Crippen molar-refractivity contribution < 1.29 is 13.6 Å². The lowest BCUT2D eigenvalue weighted by Crippen LogP contribution is -1.92. The van der Waals surface area contributed by atoms with Gasteiger partial charge in [0.1, 0.15) is 5.75 Å². The van der Waals surface area contributed by atoms with E-state index in [0.717, 1.165) is 0 Å². The second-order valence-corrected chi connectivity index (χ2v) is 5.32. The molecule has 0 spiro atoms. The van der Waals surface area contributed by atoms with Crippen LogP contribution in [0.15, 0.2) is 24.3 Å². The normalized spacial score (nSPS) is 14.8. The molecule has 1 atom stereocenters. The lowest BCUT2D eigenvalue weighted by Gasteiger charge is -2.12. The maximum atomic E-state index is 11.4. The number of hydrogen-bond donors (Lipinski definition) is 0. The molecule has 0 radical (unpaired) electrons. The molecule has 0 aromatic heterocycles. The molecule has 1 unspecified atom stereocenters. The number of rotatable bonds is 4. The molecule has 0 aliphatic heterocycles. The molecule has 0 aliphatic carbocycles. The van der Waals surface area contributed by atoms with E-state index in [1.54, 1.807) is 31.2 Å². The van der Waals surface area contributed by atoms with Crippen LogP contribution in [0.4, 0.5) is 0 Å². The van der Waals surface area contributed by atoms with E-state index in [1.807, 2.05) is 0 Å². The topological polar surface area (TPSA) is 35.5 Å². The van der Waals surface area contributed by atoms with Crippen LogP contribution in [-0.4, -0.2) is 6.61 Å². The van der Waals surface area contributed by atoms with E-state index in [-0.39, 0.29) is 12.4 Å². The van der Waals surface area contributed by atoms with Crippen LogP contribution in [0.5, 0.6) is 5.75 Å². The molecular formula is C8H9Cl2O3P. The zero-order valence-corrected chi connectivity index (χ0v) is 9.85. The first-order valence-electron chi connectivity index (χ1n) is 3.93. The highest BCUT2D eigenvalue weighted by atomic mass is 35.7. The van der Waals surface area contributed by atoms with E-state index in [0.29, 0.717) is 5.02 Å². The Morgan fingerprint density at radius 3 is 2.64 bits per heavy atom. The highest BCUT2D eigenvalue weighted by Crippen LogP contribution is 2.54.